The molecule has 8 heteroatoms. The second-order valence-electron chi connectivity index (χ2n) is 1.84. The number of rotatable bonds is 1. The summed E-state index contributed by atoms with van der Waals surface area (Å²) in [5.74, 6) is 0.689. The van der Waals surface area contributed by atoms with Crippen LogP contribution in [0.5, 0.6) is 0 Å². The fourth-order valence-electron chi connectivity index (χ4n) is 0.674. The molecule has 0 saturated carbocycles. The predicted octanol–water partition coefficient (Wildman–Crippen LogP) is -0.683. The van der Waals surface area contributed by atoms with Gasteiger partial charge in [-0.1, -0.05) is 0 Å². The highest BCUT2D eigenvalue weighted by Crippen LogP contribution is 2.02. The van der Waals surface area contributed by atoms with Crippen molar-refractivity contribution in [1.82, 2.24) is 15.2 Å². The zero-order chi connectivity index (χ0) is 8.39. The minimum Gasteiger partial charge on any atom is -0.257 e. The first-order chi connectivity index (χ1) is 5.90. The van der Waals surface area contributed by atoms with Crippen LogP contribution < -0.4 is 0 Å². The Kier molecular flexibility index (Phi) is 1.59. The van der Waals surface area contributed by atoms with Crippen LogP contribution in [-0.2, 0) is 11.3 Å². The number of aromatic amines is 1. The Labute approximate surface area is 69.7 Å². The van der Waals surface area contributed by atoms with Crippen molar-refractivity contribution in [2.75, 3.05) is 0 Å². The van der Waals surface area contributed by atoms with Crippen LogP contribution in [0, 0.1) is 0 Å². The van der Waals surface area contributed by atoms with Gasteiger partial charge in [0.15, 0.2) is 5.82 Å². The molecule has 60 valence electrons. The number of H-pyrrole nitrogens is 1. The van der Waals surface area contributed by atoms with E-state index in [2.05, 4.69) is 30.4 Å². The van der Waals surface area contributed by atoms with Gasteiger partial charge in [0.2, 0.25) is 5.84 Å². The van der Waals surface area contributed by atoms with E-state index >= 15 is 0 Å². The molecule has 2 heterocycles. The predicted molar refractivity (Wildman–Crippen MR) is 40.9 cm³/mol. The summed E-state index contributed by atoms with van der Waals surface area (Å²) >= 11 is 0.190. The van der Waals surface area contributed by atoms with E-state index in [1.807, 2.05) is 0 Å². The summed E-state index contributed by atoms with van der Waals surface area (Å²) in [5.41, 5.74) is 0. The molecule has 0 spiro atoms. The first-order valence-electron chi connectivity index (χ1n) is 2.93. The molecule has 0 unspecified atom stereocenters. The van der Waals surface area contributed by atoms with Crippen LogP contribution >= 0.6 is 0 Å². The van der Waals surface area contributed by atoms with Gasteiger partial charge < -0.3 is 0 Å². The third-order valence-electron chi connectivity index (χ3n) is 1.13. The normalized spacial score (nSPS) is 15.0. The van der Waals surface area contributed by atoms with Gasteiger partial charge >= 0.3 is 0 Å². The summed E-state index contributed by atoms with van der Waals surface area (Å²) in [6.45, 7) is 0. The second-order valence-corrected chi connectivity index (χ2v) is 2.37. The molecule has 1 aromatic heterocycles. The summed E-state index contributed by atoms with van der Waals surface area (Å²) in [4.78, 5) is 7.56. The lowest BCUT2D eigenvalue weighted by molar-refractivity contribution is 0.700. The third-order valence-corrected chi connectivity index (χ3v) is 1.46. The average molecular weight is 182 g/mol. The van der Waals surface area contributed by atoms with Crippen molar-refractivity contribution < 1.29 is 4.21 Å². The van der Waals surface area contributed by atoms with E-state index in [-0.39, 0.29) is 22.2 Å². The van der Waals surface area contributed by atoms with Gasteiger partial charge in [-0.2, -0.15) is 10.1 Å². The SMILES string of the molecule is O=S=C1N=NC(c2ncn[nH]2)=N1. The molecule has 2 rings (SSSR count). The van der Waals surface area contributed by atoms with E-state index in [1.54, 1.807) is 0 Å². The van der Waals surface area contributed by atoms with Gasteiger partial charge in [-0.15, -0.1) is 10.2 Å². The molecule has 7 nitrogen and oxygen atoms in total. The Hall–Kier alpha value is -1.70. The summed E-state index contributed by atoms with van der Waals surface area (Å²) in [6.07, 6.45) is 1.33. The number of amidine groups is 1. The van der Waals surface area contributed by atoms with Crippen LogP contribution in [0.2, 0.25) is 0 Å². The van der Waals surface area contributed by atoms with Crippen molar-refractivity contribution in [2.24, 2.45) is 15.2 Å². The van der Waals surface area contributed by atoms with Crippen molar-refractivity contribution in [3.63, 3.8) is 0 Å². The van der Waals surface area contributed by atoms with Crippen LogP contribution in [0.4, 0.5) is 0 Å². The van der Waals surface area contributed by atoms with Crippen LogP contribution in [0.15, 0.2) is 21.5 Å². The Bertz CT molecular complexity index is 399. The Morgan fingerprint density at radius 3 is 2.92 bits per heavy atom. The van der Waals surface area contributed by atoms with E-state index in [1.165, 1.54) is 6.33 Å². The minimum absolute atomic E-state index is 0.0846. The average Bonchev–Trinajstić information content (AvgIpc) is 2.75. The summed E-state index contributed by atoms with van der Waals surface area (Å²) in [7, 11) is 0. The molecular weight excluding hydrogens is 180 g/mol. The van der Waals surface area contributed by atoms with Crippen LogP contribution in [0.1, 0.15) is 5.82 Å². The zero-order valence-corrected chi connectivity index (χ0v) is 6.45. The first-order valence-corrected chi connectivity index (χ1v) is 3.67. The molecule has 1 aliphatic heterocycles. The number of hydrogen-bond acceptors (Lipinski definition) is 4. The molecule has 1 aromatic rings. The Balaban J connectivity index is 2.41. The van der Waals surface area contributed by atoms with Crippen molar-refractivity contribution in [2.45, 2.75) is 0 Å². The van der Waals surface area contributed by atoms with E-state index < -0.39 is 0 Å². The molecule has 0 radical (unpaired) electrons. The maximum absolute atomic E-state index is 10.2. The van der Waals surface area contributed by atoms with Gasteiger partial charge in [0.25, 0.3) is 5.11 Å². The number of aliphatic imine (C=N–C) groups is 1. The molecule has 12 heavy (non-hydrogen) atoms. The number of aromatic nitrogens is 3. The standard InChI is InChI=1S/C4H2N6OS/c11-12-4-7-3(9-10-4)2-5-1-6-8-2/h1H,(H,5,6,8). The van der Waals surface area contributed by atoms with Gasteiger partial charge in [0.05, 0.1) is 0 Å². The van der Waals surface area contributed by atoms with Gasteiger partial charge in [-0.05, 0) is 0 Å². The lowest BCUT2D eigenvalue weighted by Gasteiger charge is -1.82. The van der Waals surface area contributed by atoms with E-state index in [0.717, 1.165) is 0 Å². The van der Waals surface area contributed by atoms with Crippen molar-refractivity contribution in [3.8, 4) is 0 Å². The largest absolute Gasteiger partial charge is 0.270 e. The Morgan fingerprint density at radius 2 is 2.33 bits per heavy atom. The first kappa shape index (κ1) is 6.98. The van der Waals surface area contributed by atoms with Gasteiger partial charge in [0.1, 0.15) is 17.6 Å². The highest BCUT2D eigenvalue weighted by Gasteiger charge is 2.12. The lowest BCUT2D eigenvalue weighted by Crippen LogP contribution is -1.97. The fraction of sp³-hybridized carbons (Fsp3) is 0. The molecule has 0 aliphatic carbocycles. The molecule has 0 fully saturated rings. The van der Waals surface area contributed by atoms with Crippen LogP contribution in [-0.4, -0.2) is 30.3 Å². The van der Waals surface area contributed by atoms with Crippen molar-refractivity contribution >= 4 is 22.2 Å². The van der Waals surface area contributed by atoms with E-state index in [9.17, 15) is 4.21 Å². The van der Waals surface area contributed by atoms with Crippen molar-refractivity contribution in [3.05, 3.63) is 12.2 Å². The summed E-state index contributed by atoms with van der Waals surface area (Å²) < 4.78 is 10.2. The number of nitrogens with zero attached hydrogens (tertiary/aromatic N) is 5. The molecule has 0 atom stereocenters. The zero-order valence-electron chi connectivity index (χ0n) is 5.63. The van der Waals surface area contributed by atoms with Crippen molar-refractivity contribution in [1.29, 1.82) is 0 Å². The molecule has 1 N–H and O–H groups in total. The van der Waals surface area contributed by atoms with Crippen LogP contribution in [0.3, 0.4) is 0 Å². The summed E-state index contributed by atoms with van der Waals surface area (Å²) in [5, 5.41) is 13.3. The topological polar surface area (TPSA) is 95.7 Å². The van der Waals surface area contributed by atoms with Gasteiger partial charge in [-0.25, -0.2) is 9.19 Å². The highest BCUT2D eigenvalue weighted by molar-refractivity contribution is 7.66. The maximum atomic E-state index is 10.2. The molecular formula is C4H2N6OS. The Morgan fingerprint density at radius 1 is 1.42 bits per heavy atom. The minimum atomic E-state index is 0.0846. The highest BCUT2D eigenvalue weighted by atomic mass is 32.1. The van der Waals surface area contributed by atoms with Gasteiger partial charge in [-0.3, -0.25) is 5.10 Å². The molecule has 0 aromatic carbocycles. The number of hydrogen-bond donors (Lipinski definition) is 1. The number of azo groups is 1. The number of nitrogens with one attached hydrogen (secondary N) is 1. The molecule has 0 amide bonds. The van der Waals surface area contributed by atoms with Crippen LogP contribution in [0.25, 0.3) is 0 Å². The molecule has 1 aliphatic rings. The summed E-state index contributed by atoms with van der Waals surface area (Å²) in [6, 6.07) is 0. The third kappa shape index (κ3) is 1.07. The maximum Gasteiger partial charge on any atom is 0.270 e. The molecule has 0 bridgehead atoms. The van der Waals surface area contributed by atoms with Gasteiger partial charge in [0, 0.05) is 0 Å². The second kappa shape index (κ2) is 2.74. The fourth-order valence-corrected chi connectivity index (χ4v) is 0.872. The quantitative estimate of drug-likeness (QED) is 0.582. The smallest absolute Gasteiger partial charge is 0.257 e. The van der Waals surface area contributed by atoms with E-state index in [4.69, 9.17) is 0 Å². The van der Waals surface area contributed by atoms with E-state index in [0.29, 0.717) is 5.82 Å². The lowest BCUT2D eigenvalue weighted by atomic mass is 10.6. The monoisotopic (exact) mass is 182 g/mol. The molecule has 0 saturated heterocycles.